The van der Waals surface area contributed by atoms with Gasteiger partial charge >= 0.3 is 0 Å². The van der Waals surface area contributed by atoms with Gasteiger partial charge in [-0.25, -0.2) is 4.98 Å². The van der Waals surface area contributed by atoms with Crippen molar-refractivity contribution in [2.45, 2.75) is 12.5 Å². The van der Waals surface area contributed by atoms with Crippen LogP contribution in [0.3, 0.4) is 0 Å². The lowest BCUT2D eigenvalue weighted by molar-refractivity contribution is -0.125. The van der Waals surface area contributed by atoms with Gasteiger partial charge in [0.05, 0.1) is 26.5 Å². The molecule has 1 fully saturated rings. The molecule has 2 N–H and O–H groups in total. The number of nitrogens with two attached hydrogens (primary N) is 1. The summed E-state index contributed by atoms with van der Waals surface area (Å²) in [5, 5.41) is 0. The number of nitrogens with zero attached hydrogens (tertiary/aromatic N) is 4. The highest BCUT2D eigenvalue weighted by Gasteiger charge is 2.28. The summed E-state index contributed by atoms with van der Waals surface area (Å²) in [7, 11) is 3.14. The number of carbonyl (C=O) groups is 1. The molecule has 1 atom stereocenters. The van der Waals surface area contributed by atoms with Gasteiger partial charge in [-0.05, 0) is 30.6 Å². The summed E-state index contributed by atoms with van der Waals surface area (Å²) in [6.45, 7) is 4.51. The Labute approximate surface area is 184 Å². The van der Waals surface area contributed by atoms with Crippen molar-refractivity contribution in [2.75, 3.05) is 33.0 Å². The summed E-state index contributed by atoms with van der Waals surface area (Å²) >= 11 is 0. The SMILES string of the molecule is C=CC(=O)N1CC[C@H](n2cc(C#Cc3cc(OC)cc(OC)c3)n3c(N)ncc3c2=O)C1. The topological polar surface area (TPSA) is 104 Å². The van der Waals surface area contributed by atoms with Gasteiger partial charge in [0.1, 0.15) is 22.7 Å². The quantitative estimate of drug-likeness (QED) is 0.493. The third-order valence-electron chi connectivity index (χ3n) is 5.47. The second-order valence-corrected chi connectivity index (χ2v) is 7.35. The molecule has 0 spiro atoms. The average Bonchev–Trinajstić information content (AvgIpc) is 3.45. The molecule has 2 aromatic heterocycles. The van der Waals surface area contributed by atoms with E-state index in [0.717, 1.165) is 0 Å². The molecule has 0 saturated carbocycles. The molecule has 3 heterocycles. The third kappa shape index (κ3) is 3.78. The number of ether oxygens (including phenoxy) is 2. The molecule has 3 aromatic rings. The minimum atomic E-state index is -0.235. The van der Waals surface area contributed by atoms with E-state index in [2.05, 4.69) is 23.4 Å². The van der Waals surface area contributed by atoms with Crippen LogP contribution in [-0.4, -0.2) is 52.1 Å². The highest BCUT2D eigenvalue weighted by Crippen LogP contribution is 2.23. The Hall–Kier alpha value is -4.19. The molecule has 32 heavy (non-hydrogen) atoms. The average molecular weight is 433 g/mol. The Balaban J connectivity index is 1.80. The fraction of sp³-hybridized carbons (Fsp3) is 0.261. The van der Waals surface area contributed by atoms with Crippen molar-refractivity contribution in [3.63, 3.8) is 0 Å². The Morgan fingerprint density at radius 2 is 1.97 bits per heavy atom. The zero-order valence-corrected chi connectivity index (χ0v) is 17.9. The molecule has 0 unspecified atom stereocenters. The van der Waals surface area contributed by atoms with Crippen LogP contribution in [-0.2, 0) is 4.79 Å². The maximum atomic E-state index is 13.1. The molecular weight excluding hydrogens is 410 g/mol. The molecule has 0 aliphatic carbocycles. The second kappa shape index (κ2) is 8.51. The minimum absolute atomic E-state index is 0.151. The van der Waals surface area contributed by atoms with Gasteiger partial charge in [-0.2, -0.15) is 0 Å². The fourth-order valence-electron chi connectivity index (χ4n) is 3.82. The number of fused-ring (bicyclic) bond motifs is 1. The maximum Gasteiger partial charge on any atom is 0.276 e. The number of hydrogen-bond donors (Lipinski definition) is 1. The third-order valence-corrected chi connectivity index (χ3v) is 5.47. The summed E-state index contributed by atoms with van der Waals surface area (Å²) in [6.07, 6.45) is 5.05. The van der Waals surface area contributed by atoms with Crippen LogP contribution in [0.4, 0.5) is 5.95 Å². The summed E-state index contributed by atoms with van der Waals surface area (Å²) in [5.41, 5.74) is 7.29. The molecule has 9 nitrogen and oxygen atoms in total. The predicted octanol–water partition coefficient (Wildman–Crippen LogP) is 1.45. The number of methoxy groups -OCH3 is 2. The van der Waals surface area contributed by atoms with E-state index in [0.29, 0.717) is 47.8 Å². The molecule has 164 valence electrons. The maximum absolute atomic E-state index is 13.1. The van der Waals surface area contributed by atoms with Crippen molar-refractivity contribution in [1.82, 2.24) is 18.9 Å². The number of aromatic nitrogens is 3. The van der Waals surface area contributed by atoms with E-state index >= 15 is 0 Å². The van der Waals surface area contributed by atoms with Crippen LogP contribution in [0.15, 0.2) is 48.0 Å². The highest BCUT2D eigenvalue weighted by molar-refractivity contribution is 5.87. The van der Waals surface area contributed by atoms with Gasteiger partial charge in [-0.15, -0.1) is 0 Å². The molecule has 0 bridgehead atoms. The summed E-state index contributed by atoms with van der Waals surface area (Å²) in [6, 6.07) is 5.16. The van der Waals surface area contributed by atoms with Crippen molar-refractivity contribution >= 4 is 17.4 Å². The lowest BCUT2D eigenvalue weighted by atomic mass is 10.2. The van der Waals surface area contributed by atoms with Gasteiger partial charge in [0.15, 0.2) is 0 Å². The Bertz CT molecular complexity index is 1310. The minimum Gasteiger partial charge on any atom is -0.497 e. The molecule has 1 aliphatic heterocycles. The number of amides is 1. The first kappa shape index (κ1) is 21.1. The molecule has 0 radical (unpaired) electrons. The van der Waals surface area contributed by atoms with Crippen LogP contribution in [0.1, 0.15) is 23.7 Å². The van der Waals surface area contributed by atoms with Crippen molar-refractivity contribution < 1.29 is 14.3 Å². The van der Waals surface area contributed by atoms with Gasteiger partial charge in [0.25, 0.3) is 5.56 Å². The first-order valence-corrected chi connectivity index (χ1v) is 9.99. The van der Waals surface area contributed by atoms with Crippen molar-refractivity contribution in [2.24, 2.45) is 0 Å². The van der Waals surface area contributed by atoms with Crippen molar-refractivity contribution in [1.29, 1.82) is 0 Å². The van der Waals surface area contributed by atoms with E-state index in [1.54, 1.807) is 48.1 Å². The van der Waals surface area contributed by atoms with Crippen LogP contribution < -0.4 is 20.8 Å². The number of likely N-dealkylation sites (tertiary alicyclic amines) is 1. The zero-order valence-electron chi connectivity index (χ0n) is 17.9. The Morgan fingerprint density at radius 3 is 2.62 bits per heavy atom. The first-order valence-electron chi connectivity index (χ1n) is 9.99. The Kier molecular flexibility index (Phi) is 5.60. The van der Waals surface area contributed by atoms with E-state index in [1.165, 1.54) is 16.7 Å². The lowest BCUT2D eigenvalue weighted by Gasteiger charge is -2.17. The smallest absolute Gasteiger partial charge is 0.276 e. The molecule has 1 saturated heterocycles. The summed E-state index contributed by atoms with van der Waals surface area (Å²) in [5.74, 6) is 7.43. The van der Waals surface area contributed by atoms with Gasteiger partial charge in [0.2, 0.25) is 11.9 Å². The lowest BCUT2D eigenvalue weighted by Crippen LogP contribution is -2.31. The summed E-state index contributed by atoms with van der Waals surface area (Å²) in [4.78, 5) is 30.8. The van der Waals surface area contributed by atoms with E-state index < -0.39 is 0 Å². The van der Waals surface area contributed by atoms with Crippen molar-refractivity contribution in [3.05, 3.63) is 64.9 Å². The van der Waals surface area contributed by atoms with Gasteiger partial charge in [-0.1, -0.05) is 12.5 Å². The van der Waals surface area contributed by atoms with Crippen LogP contribution in [0, 0.1) is 11.8 Å². The number of rotatable bonds is 4. The fourth-order valence-corrected chi connectivity index (χ4v) is 3.82. The van der Waals surface area contributed by atoms with Gasteiger partial charge < -0.3 is 24.7 Å². The van der Waals surface area contributed by atoms with E-state index in [9.17, 15) is 9.59 Å². The van der Waals surface area contributed by atoms with E-state index in [4.69, 9.17) is 15.2 Å². The summed E-state index contributed by atoms with van der Waals surface area (Å²) < 4.78 is 13.7. The second-order valence-electron chi connectivity index (χ2n) is 7.35. The molecular formula is C23H23N5O4. The van der Waals surface area contributed by atoms with Crippen LogP contribution >= 0.6 is 0 Å². The highest BCUT2D eigenvalue weighted by atomic mass is 16.5. The van der Waals surface area contributed by atoms with E-state index in [-0.39, 0.29) is 23.5 Å². The Morgan fingerprint density at radius 1 is 1.25 bits per heavy atom. The normalized spacial score (nSPS) is 15.3. The van der Waals surface area contributed by atoms with Crippen LogP contribution in [0.25, 0.3) is 5.52 Å². The number of nitrogen functional groups attached to an aromatic ring is 1. The molecule has 1 aliphatic rings. The largest absolute Gasteiger partial charge is 0.497 e. The van der Waals surface area contributed by atoms with Crippen molar-refractivity contribution in [3.8, 4) is 23.3 Å². The number of anilines is 1. The van der Waals surface area contributed by atoms with Gasteiger partial charge in [0, 0.05) is 30.9 Å². The number of imidazole rings is 1. The molecule has 1 aromatic carbocycles. The number of carbonyl (C=O) groups excluding carboxylic acids is 1. The number of benzene rings is 1. The standard InChI is InChI=1S/C23H23N5O4/c1-4-21(29)26-8-7-16(13-26)27-14-17(28-20(22(27)30)12-25-23(28)24)6-5-15-9-18(31-2)11-19(10-15)32-3/h4,9-12,14,16H,1,7-8,13H2,2-3H3,(H2,24,25)/t16-/m0/s1. The van der Waals surface area contributed by atoms with Crippen LogP contribution in [0.2, 0.25) is 0 Å². The zero-order chi connectivity index (χ0) is 22.8. The monoisotopic (exact) mass is 433 g/mol. The predicted molar refractivity (Wildman–Crippen MR) is 120 cm³/mol. The first-order chi connectivity index (χ1) is 15.4. The molecule has 9 heteroatoms. The molecule has 1 amide bonds. The van der Waals surface area contributed by atoms with E-state index in [1.807, 2.05) is 0 Å². The molecule has 4 rings (SSSR count). The number of hydrogen-bond acceptors (Lipinski definition) is 6. The van der Waals surface area contributed by atoms with Crippen LogP contribution in [0.5, 0.6) is 11.5 Å². The van der Waals surface area contributed by atoms with Gasteiger partial charge in [-0.3, -0.25) is 14.0 Å².